The van der Waals surface area contributed by atoms with Crippen LogP contribution in [0.1, 0.15) is 33.6 Å². The molecule has 2 saturated carbocycles. The van der Waals surface area contributed by atoms with Gasteiger partial charge in [0.15, 0.2) is 5.78 Å². The van der Waals surface area contributed by atoms with Crippen molar-refractivity contribution < 1.29 is 28.5 Å². The van der Waals surface area contributed by atoms with Crippen molar-refractivity contribution in [1.29, 1.82) is 0 Å². The predicted molar refractivity (Wildman–Crippen MR) is 145 cm³/mol. The van der Waals surface area contributed by atoms with E-state index in [-0.39, 0.29) is 50.6 Å². The van der Waals surface area contributed by atoms with Crippen molar-refractivity contribution in [1.82, 2.24) is 10.0 Å². The monoisotopic (exact) mass is 683 g/mol. The summed E-state index contributed by atoms with van der Waals surface area (Å²) in [6.07, 6.45) is 0.556. The van der Waals surface area contributed by atoms with Gasteiger partial charge in [0.25, 0.3) is 23.4 Å². The summed E-state index contributed by atoms with van der Waals surface area (Å²) in [5, 5.41) is 12.8. The number of rotatable bonds is 8. The number of nitro benzene ring substituents is 1. The fourth-order valence-electron chi connectivity index (χ4n) is 6.05. The Morgan fingerprint density at radius 3 is 2.00 bits per heavy atom. The number of nitro groups is 1. The first-order valence-corrected chi connectivity index (χ1v) is 14.5. The first-order valence-electron chi connectivity index (χ1n) is 12.2. The Kier molecular flexibility index (Phi) is 7.64. The molecule has 2 aromatic rings. The average molecular weight is 686 g/mol. The van der Waals surface area contributed by atoms with Crippen LogP contribution in [0.25, 0.3) is 0 Å². The first-order chi connectivity index (χ1) is 18.6. The van der Waals surface area contributed by atoms with Crippen LogP contribution < -0.4 is 0 Å². The van der Waals surface area contributed by atoms with E-state index in [0.29, 0.717) is 6.42 Å². The summed E-state index contributed by atoms with van der Waals surface area (Å²) >= 11 is 13.3. The highest BCUT2D eigenvalue weighted by Crippen LogP contribution is 2.60. The second-order valence-corrected chi connectivity index (χ2v) is 12.3. The SMILES string of the molecule is O=C(c1ccc(F)cc1)[C@H](CCCl)N(C(=O)c1ccc([N+](=O)[O-])cc1)N1C(=O)[C@@H]2[C@H]3C[C@@H]([C@H](Br)[C@H]3Br)[C@H]2C1=O. The molecule has 0 unspecified atom stereocenters. The topological polar surface area (TPSA) is 118 Å². The third-order valence-corrected chi connectivity index (χ3v) is 11.2. The first kappa shape index (κ1) is 27.9. The maximum Gasteiger partial charge on any atom is 0.273 e. The zero-order chi connectivity index (χ0) is 28.2. The molecule has 204 valence electrons. The van der Waals surface area contributed by atoms with E-state index in [1.165, 1.54) is 24.3 Å². The number of non-ortho nitro benzene ring substituents is 1. The van der Waals surface area contributed by atoms with Crippen LogP contribution in [0.5, 0.6) is 0 Å². The van der Waals surface area contributed by atoms with Crippen molar-refractivity contribution in [2.45, 2.75) is 28.5 Å². The van der Waals surface area contributed by atoms with E-state index in [2.05, 4.69) is 31.9 Å². The molecule has 2 aliphatic carbocycles. The molecule has 1 saturated heterocycles. The number of benzene rings is 2. The second kappa shape index (κ2) is 10.7. The molecular weight excluding hydrogens is 665 g/mol. The maximum absolute atomic E-state index is 14.0. The number of amides is 3. The summed E-state index contributed by atoms with van der Waals surface area (Å²) in [6, 6.07) is 7.95. The summed E-state index contributed by atoms with van der Waals surface area (Å²) in [5.74, 6) is -4.92. The molecule has 9 nitrogen and oxygen atoms in total. The molecule has 3 amide bonds. The fraction of sp³-hybridized carbons (Fsp3) is 0.385. The molecule has 0 aromatic heterocycles. The van der Waals surface area contributed by atoms with Gasteiger partial charge < -0.3 is 0 Å². The normalized spacial score (nSPS) is 27.9. The minimum absolute atomic E-state index is 0.0428. The third-order valence-electron chi connectivity index (χ3n) is 7.82. The van der Waals surface area contributed by atoms with Crippen LogP contribution in [0, 0.1) is 39.6 Å². The standard InChI is InChI=1S/C26H21Br2ClFN3O6/c27-21-16-11-17(22(21)28)20-19(16)25(36)32(26(20)37)31(24(35)13-3-7-15(8-4-13)33(38)39)18(9-10-29)23(34)12-1-5-14(30)6-2-12/h1-8,16-22H,9-11H2/t16-,17-,18+,19-,20-,21+,22+/m1/s1. The maximum atomic E-state index is 14.0. The molecule has 5 rings (SSSR count). The number of alkyl halides is 3. The Labute approximate surface area is 244 Å². The van der Waals surface area contributed by atoms with Crippen molar-refractivity contribution in [2.75, 3.05) is 5.88 Å². The molecule has 0 radical (unpaired) electrons. The predicted octanol–water partition coefficient (Wildman–Crippen LogP) is 4.75. The van der Waals surface area contributed by atoms with E-state index in [9.17, 15) is 33.7 Å². The smallest absolute Gasteiger partial charge is 0.273 e. The third kappa shape index (κ3) is 4.59. The van der Waals surface area contributed by atoms with Gasteiger partial charge in [0, 0.05) is 38.8 Å². The Bertz CT molecular complexity index is 1330. The summed E-state index contributed by atoms with van der Waals surface area (Å²) in [6.45, 7) is 0. The summed E-state index contributed by atoms with van der Waals surface area (Å²) in [7, 11) is 0. The largest absolute Gasteiger partial charge is 0.292 e. The minimum Gasteiger partial charge on any atom is -0.292 e. The van der Waals surface area contributed by atoms with Crippen molar-refractivity contribution in [3.05, 3.63) is 75.6 Å². The Morgan fingerprint density at radius 2 is 1.51 bits per heavy atom. The quantitative estimate of drug-likeness (QED) is 0.130. The number of carbonyl (C=O) groups is 4. The zero-order valence-corrected chi connectivity index (χ0v) is 24.0. The molecule has 0 N–H and O–H groups in total. The van der Waals surface area contributed by atoms with Crippen LogP contribution in [0.2, 0.25) is 0 Å². The van der Waals surface area contributed by atoms with Crippen LogP contribution in [0.4, 0.5) is 10.1 Å². The van der Waals surface area contributed by atoms with Crippen LogP contribution in [0.3, 0.4) is 0 Å². The van der Waals surface area contributed by atoms with Gasteiger partial charge in [0.2, 0.25) is 0 Å². The van der Waals surface area contributed by atoms with Crippen molar-refractivity contribution >= 4 is 72.7 Å². The fourth-order valence-corrected chi connectivity index (χ4v) is 8.13. The van der Waals surface area contributed by atoms with Gasteiger partial charge in [0.1, 0.15) is 11.9 Å². The molecule has 3 fully saturated rings. The molecule has 2 aromatic carbocycles. The van der Waals surface area contributed by atoms with E-state index in [4.69, 9.17) is 11.6 Å². The Morgan fingerprint density at radius 1 is 1.00 bits per heavy atom. The van der Waals surface area contributed by atoms with Gasteiger partial charge in [-0.15, -0.1) is 11.6 Å². The zero-order valence-electron chi connectivity index (χ0n) is 20.1. The molecule has 2 bridgehead atoms. The van der Waals surface area contributed by atoms with Gasteiger partial charge in [-0.05, 0) is 61.1 Å². The Hall–Kier alpha value is -2.70. The number of fused-ring (bicyclic) bond motifs is 5. The number of ketones is 1. The number of nitrogens with zero attached hydrogens (tertiary/aromatic N) is 3. The summed E-state index contributed by atoms with van der Waals surface area (Å²) in [4.78, 5) is 65.8. The molecule has 0 spiro atoms. The lowest BCUT2D eigenvalue weighted by Crippen LogP contribution is -2.58. The van der Waals surface area contributed by atoms with Crippen LogP contribution >= 0.6 is 43.5 Å². The average Bonchev–Trinajstić information content (AvgIpc) is 3.54. The highest BCUT2D eigenvalue weighted by atomic mass is 79.9. The highest BCUT2D eigenvalue weighted by Gasteiger charge is 2.68. The van der Waals surface area contributed by atoms with Gasteiger partial charge in [-0.1, -0.05) is 31.9 Å². The number of Topliss-reactive ketones (excluding diaryl/α,β-unsaturated/α-hetero) is 1. The molecule has 1 heterocycles. The minimum atomic E-state index is -1.38. The Balaban J connectivity index is 1.59. The number of carbonyl (C=O) groups excluding carboxylic acids is 4. The number of hydrogen-bond donors (Lipinski definition) is 0. The molecule has 1 aliphatic heterocycles. The van der Waals surface area contributed by atoms with Crippen molar-refractivity contribution in [2.24, 2.45) is 23.7 Å². The van der Waals surface area contributed by atoms with E-state index < -0.39 is 52.1 Å². The van der Waals surface area contributed by atoms with Crippen molar-refractivity contribution in [3.63, 3.8) is 0 Å². The molecular formula is C26H21Br2ClFN3O6. The summed E-state index contributed by atoms with van der Waals surface area (Å²) < 4.78 is 13.6. The van der Waals surface area contributed by atoms with E-state index in [0.717, 1.165) is 34.3 Å². The summed E-state index contributed by atoms with van der Waals surface area (Å²) in [5.41, 5.74) is -0.262. The van der Waals surface area contributed by atoms with Gasteiger partial charge in [-0.25, -0.2) is 9.40 Å². The molecule has 39 heavy (non-hydrogen) atoms. The lowest BCUT2D eigenvalue weighted by molar-refractivity contribution is -0.384. The van der Waals surface area contributed by atoms with Crippen LogP contribution in [0.15, 0.2) is 48.5 Å². The number of imide groups is 1. The van der Waals surface area contributed by atoms with E-state index >= 15 is 0 Å². The van der Waals surface area contributed by atoms with Gasteiger partial charge in [0.05, 0.1) is 16.8 Å². The number of hydrogen-bond acceptors (Lipinski definition) is 6. The lowest BCUT2D eigenvalue weighted by atomic mass is 9.81. The second-order valence-electron chi connectivity index (χ2n) is 9.81. The van der Waals surface area contributed by atoms with E-state index in [1.54, 1.807) is 0 Å². The van der Waals surface area contributed by atoms with Gasteiger partial charge >= 0.3 is 0 Å². The number of hydrazine groups is 1. The molecule has 3 aliphatic rings. The molecule has 13 heteroatoms. The van der Waals surface area contributed by atoms with E-state index in [1.807, 2.05) is 0 Å². The molecule has 7 atom stereocenters. The van der Waals surface area contributed by atoms with Crippen LogP contribution in [-0.2, 0) is 9.59 Å². The van der Waals surface area contributed by atoms with Crippen molar-refractivity contribution in [3.8, 4) is 0 Å². The lowest BCUT2D eigenvalue weighted by Gasteiger charge is -2.36. The van der Waals surface area contributed by atoms with Gasteiger partial charge in [-0.2, -0.15) is 5.01 Å². The number of halogens is 4. The van der Waals surface area contributed by atoms with Gasteiger partial charge in [-0.3, -0.25) is 29.3 Å². The highest BCUT2D eigenvalue weighted by molar-refractivity contribution is 9.12. The van der Waals surface area contributed by atoms with Crippen LogP contribution in [-0.4, -0.2) is 60.0 Å².